The van der Waals surface area contributed by atoms with Crippen molar-refractivity contribution in [1.82, 2.24) is 5.32 Å². The largest absolute Gasteiger partial charge is 0.399 e. The fourth-order valence-corrected chi connectivity index (χ4v) is 2.30. The molecule has 0 spiro atoms. The van der Waals surface area contributed by atoms with Gasteiger partial charge in [0.2, 0.25) is 0 Å². The van der Waals surface area contributed by atoms with Crippen molar-refractivity contribution in [3.63, 3.8) is 0 Å². The number of rotatable bonds is 3. The van der Waals surface area contributed by atoms with Crippen LogP contribution in [0.4, 0.5) is 10.1 Å². The van der Waals surface area contributed by atoms with Crippen molar-refractivity contribution >= 4 is 11.6 Å². The lowest BCUT2D eigenvalue weighted by Gasteiger charge is -2.31. The van der Waals surface area contributed by atoms with Crippen LogP contribution >= 0.6 is 0 Å². The van der Waals surface area contributed by atoms with Crippen LogP contribution in [0.1, 0.15) is 42.1 Å². The summed E-state index contributed by atoms with van der Waals surface area (Å²) in [6, 6.07) is 3.01. The molecule has 3 N–H and O–H groups in total. The van der Waals surface area contributed by atoms with Gasteiger partial charge in [0, 0.05) is 11.7 Å². The van der Waals surface area contributed by atoms with Gasteiger partial charge >= 0.3 is 0 Å². The first-order chi connectivity index (χ1) is 8.49. The molecule has 18 heavy (non-hydrogen) atoms. The Labute approximate surface area is 107 Å². The molecule has 0 radical (unpaired) electrons. The summed E-state index contributed by atoms with van der Waals surface area (Å²) in [5.74, 6) is -0.330. The number of nitrogens with one attached hydrogen (secondary N) is 1. The van der Waals surface area contributed by atoms with E-state index in [1.165, 1.54) is 18.6 Å². The molecule has 98 valence electrons. The van der Waals surface area contributed by atoms with E-state index in [0.717, 1.165) is 12.8 Å². The third kappa shape index (κ3) is 2.47. The molecule has 0 aromatic heterocycles. The summed E-state index contributed by atoms with van der Waals surface area (Å²) < 4.78 is 13.9. The SMILES string of the molecule is Cc1cc(N)cc(C(=O)NC(C)C2CCC2)c1F. The summed E-state index contributed by atoms with van der Waals surface area (Å²) in [6.07, 6.45) is 3.50. The van der Waals surface area contributed by atoms with Gasteiger partial charge in [-0.1, -0.05) is 6.42 Å². The Morgan fingerprint density at radius 2 is 2.17 bits per heavy atom. The maximum Gasteiger partial charge on any atom is 0.254 e. The highest BCUT2D eigenvalue weighted by atomic mass is 19.1. The van der Waals surface area contributed by atoms with Crippen molar-refractivity contribution in [3.8, 4) is 0 Å². The van der Waals surface area contributed by atoms with Gasteiger partial charge in [0.1, 0.15) is 5.82 Å². The van der Waals surface area contributed by atoms with Gasteiger partial charge in [-0.25, -0.2) is 4.39 Å². The summed E-state index contributed by atoms with van der Waals surface area (Å²) in [5, 5.41) is 2.86. The topological polar surface area (TPSA) is 55.1 Å². The fourth-order valence-electron chi connectivity index (χ4n) is 2.30. The number of benzene rings is 1. The van der Waals surface area contributed by atoms with E-state index in [0.29, 0.717) is 17.2 Å². The van der Waals surface area contributed by atoms with Gasteiger partial charge in [-0.15, -0.1) is 0 Å². The number of nitrogens with two attached hydrogens (primary N) is 1. The number of amides is 1. The first-order valence-corrected chi connectivity index (χ1v) is 6.35. The fraction of sp³-hybridized carbons (Fsp3) is 0.500. The Bertz CT molecular complexity index is 469. The molecule has 1 aliphatic carbocycles. The number of hydrogen-bond donors (Lipinski definition) is 2. The van der Waals surface area contributed by atoms with Crippen LogP contribution < -0.4 is 11.1 Å². The number of halogens is 1. The molecule has 1 saturated carbocycles. The van der Waals surface area contributed by atoms with Crippen LogP contribution in [0.5, 0.6) is 0 Å². The van der Waals surface area contributed by atoms with Crippen LogP contribution in [0, 0.1) is 18.7 Å². The Kier molecular flexibility index (Phi) is 3.55. The zero-order chi connectivity index (χ0) is 13.3. The molecule has 1 fully saturated rings. The molecule has 0 aliphatic heterocycles. The standard InChI is InChI=1S/C14H19FN2O/c1-8-6-11(16)7-12(13(8)15)14(18)17-9(2)10-4-3-5-10/h6-7,9-10H,3-5,16H2,1-2H3,(H,17,18). The normalized spacial score (nSPS) is 17.1. The van der Waals surface area contributed by atoms with Crippen LogP contribution in [-0.2, 0) is 0 Å². The smallest absolute Gasteiger partial charge is 0.254 e. The molecule has 0 bridgehead atoms. The van der Waals surface area contributed by atoms with E-state index in [-0.39, 0.29) is 17.5 Å². The Morgan fingerprint density at radius 1 is 1.50 bits per heavy atom. The number of anilines is 1. The van der Waals surface area contributed by atoms with Crippen molar-refractivity contribution in [2.45, 2.75) is 39.2 Å². The molecule has 1 aromatic rings. The van der Waals surface area contributed by atoms with Gasteiger partial charge in [0.15, 0.2) is 0 Å². The van der Waals surface area contributed by atoms with Crippen LogP contribution in [0.3, 0.4) is 0 Å². The van der Waals surface area contributed by atoms with Crippen molar-refractivity contribution in [2.75, 3.05) is 5.73 Å². The second kappa shape index (κ2) is 4.96. The van der Waals surface area contributed by atoms with E-state index in [1.807, 2.05) is 6.92 Å². The van der Waals surface area contributed by atoms with Gasteiger partial charge < -0.3 is 11.1 Å². The van der Waals surface area contributed by atoms with Gasteiger partial charge in [-0.05, 0) is 50.3 Å². The highest BCUT2D eigenvalue weighted by Crippen LogP contribution is 2.29. The maximum atomic E-state index is 13.9. The molecule has 2 rings (SSSR count). The number of carbonyl (C=O) groups excluding carboxylic acids is 1. The quantitative estimate of drug-likeness (QED) is 0.810. The average Bonchev–Trinajstić information content (AvgIpc) is 2.20. The van der Waals surface area contributed by atoms with Crippen LogP contribution in [0.25, 0.3) is 0 Å². The molecule has 1 aliphatic rings. The van der Waals surface area contributed by atoms with Crippen molar-refractivity contribution in [2.24, 2.45) is 5.92 Å². The van der Waals surface area contributed by atoms with Crippen molar-refractivity contribution in [3.05, 3.63) is 29.1 Å². The molecule has 1 amide bonds. The number of aryl methyl sites for hydroxylation is 1. The molecule has 1 aromatic carbocycles. The zero-order valence-corrected chi connectivity index (χ0v) is 10.8. The van der Waals surface area contributed by atoms with Gasteiger partial charge in [-0.2, -0.15) is 0 Å². The van der Waals surface area contributed by atoms with E-state index in [2.05, 4.69) is 5.32 Å². The lowest BCUT2D eigenvalue weighted by atomic mass is 9.80. The Morgan fingerprint density at radius 3 is 2.72 bits per heavy atom. The van der Waals surface area contributed by atoms with Crippen molar-refractivity contribution < 1.29 is 9.18 Å². The van der Waals surface area contributed by atoms with E-state index in [9.17, 15) is 9.18 Å². The number of nitrogen functional groups attached to an aromatic ring is 1. The first kappa shape index (κ1) is 12.9. The first-order valence-electron chi connectivity index (χ1n) is 6.35. The summed E-state index contributed by atoms with van der Waals surface area (Å²) in [5.41, 5.74) is 6.50. The zero-order valence-electron chi connectivity index (χ0n) is 10.8. The lowest BCUT2D eigenvalue weighted by molar-refractivity contribution is 0.0905. The van der Waals surface area contributed by atoms with Crippen molar-refractivity contribution in [1.29, 1.82) is 0 Å². The van der Waals surface area contributed by atoms with E-state index < -0.39 is 5.82 Å². The van der Waals surface area contributed by atoms with Gasteiger partial charge in [0.05, 0.1) is 5.56 Å². The Balaban J connectivity index is 2.13. The summed E-state index contributed by atoms with van der Waals surface area (Å²) in [6.45, 7) is 3.58. The molecule has 1 unspecified atom stereocenters. The summed E-state index contributed by atoms with van der Waals surface area (Å²) in [4.78, 5) is 12.0. The second-order valence-electron chi connectivity index (χ2n) is 5.15. The molecule has 1 atom stereocenters. The predicted octanol–water partition coefficient (Wildman–Crippen LogP) is 2.63. The molecule has 0 saturated heterocycles. The van der Waals surface area contributed by atoms with Crippen LogP contribution in [0.15, 0.2) is 12.1 Å². The van der Waals surface area contributed by atoms with E-state index >= 15 is 0 Å². The third-order valence-electron chi connectivity index (χ3n) is 3.74. The number of carbonyl (C=O) groups is 1. The molecule has 4 heteroatoms. The van der Waals surface area contributed by atoms with E-state index in [1.54, 1.807) is 6.92 Å². The molecule has 0 heterocycles. The molecular weight excluding hydrogens is 231 g/mol. The van der Waals surface area contributed by atoms with Crippen LogP contribution in [-0.4, -0.2) is 11.9 Å². The van der Waals surface area contributed by atoms with Gasteiger partial charge in [-0.3, -0.25) is 4.79 Å². The summed E-state index contributed by atoms with van der Waals surface area (Å²) >= 11 is 0. The highest BCUT2D eigenvalue weighted by molar-refractivity contribution is 5.95. The second-order valence-corrected chi connectivity index (χ2v) is 5.15. The van der Waals surface area contributed by atoms with Crippen LogP contribution in [0.2, 0.25) is 0 Å². The minimum Gasteiger partial charge on any atom is -0.399 e. The minimum atomic E-state index is -0.484. The highest BCUT2D eigenvalue weighted by Gasteiger charge is 2.26. The number of hydrogen-bond acceptors (Lipinski definition) is 2. The minimum absolute atomic E-state index is 0.0404. The molecule has 3 nitrogen and oxygen atoms in total. The lowest BCUT2D eigenvalue weighted by Crippen LogP contribution is -2.41. The summed E-state index contributed by atoms with van der Waals surface area (Å²) in [7, 11) is 0. The monoisotopic (exact) mass is 250 g/mol. The molecular formula is C14H19FN2O. The average molecular weight is 250 g/mol. The van der Waals surface area contributed by atoms with Gasteiger partial charge in [0.25, 0.3) is 5.91 Å². The third-order valence-corrected chi connectivity index (χ3v) is 3.74. The predicted molar refractivity (Wildman–Crippen MR) is 69.8 cm³/mol. The van der Waals surface area contributed by atoms with E-state index in [4.69, 9.17) is 5.73 Å². The Hall–Kier alpha value is -1.58. The maximum absolute atomic E-state index is 13.9.